The largest absolute Gasteiger partial charge is 0.315 e. The summed E-state index contributed by atoms with van der Waals surface area (Å²) >= 11 is 0. The van der Waals surface area contributed by atoms with Crippen LogP contribution in [0.1, 0.15) is 40.0 Å². The molecule has 2 saturated heterocycles. The Balaban J connectivity index is 2.01. The van der Waals surface area contributed by atoms with Gasteiger partial charge in [-0.25, -0.2) is 6.57 Å². The highest BCUT2D eigenvalue weighted by molar-refractivity contribution is 5.03. The molecule has 2 aliphatic heterocycles. The maximum absolute atomic E-state index is 7.21. The first-order chi connectivity index (χ1) is 7.98. The van der Waals surface area contributed by atoms with E-state index in [1.165, 1.54) is 32.4 Å². The van der Waals surface area contributed by atoms with Crippen molar-refractivity contribution in [1.82, 2.24) is 9.80 Å². The molecule has 0 amide bonds. The molecule has 3 nitrogen and oxygen atoms in total. The predicted octanol–water partition coefficient (Wildman–Crippen LogP) is 2.24. The summed E-state index contributed by atoms with van der Waals surface area (Å²) in [5, 5.41) is 0. The van der Waals surface area contributed by atoms with Gasteiger partial charge in [0.05, 0.1) is 5.54 Å². The molecule has 0 radical (unpaired) electrons. The van der Waals surface area contributed by atoms with E-state index in [0.717, 1.165) is 13.1 Å². The summed E-state index contributed by atoms with van der Waals surface area (Å²) in [6.07, 6.45) is 3.67. The molecule has 0 aromatic rings. The summed E-state index contributed by atoms with van der Waals surface area (Å²) in [4.78, 5) is 8.84. The van der Waals surface area contributed by atoms with Gasteiger partial charge in [-0.05, 0) is 40.0 Å². The maximum atomic E-state index is 7.21. The van der Waals surface area contributed by atoms with Gasteiger partial charge in [0.2, 0.25) is 6.54 Å². The molecule has 96 valence electrons. The number of hydrogen-bond acceptors (Lipinski definition) is 2. The zero-order valence-electron chi connectivity index (χ0n) is 11.5. The van der Waals surface area contributed by atoms with Crippen LogP contribution in [0.5, 0.6) is 0 Å². The van der Waals surface area contributed by atoms with Gasteiger partial charge >= 0.3 is 0 Å². The van der Waals surface area contributed by atoms with Gasteiger partial charge in [0.1, 0.15) is 0 Å². The van der Waals surface area contributed by atoms with Gasteiger partial charge in [0.15, 0.2) is 0 Å². The number of piperidine rings is 1. The lowest BCUT2D eigenvalue weighted by molar-refractivity contribution is -0.0272. The van der Waals surface area contributed by atoms with Crippen LogP contribution in [-0.2, 0) is 0 Å². The van der Waals surface area contributed by atoms with Crippen LogP contribution >= 0.6 is 0 Å². The number of hydrogen-bond donors (Lipinski definition) is 0. The van der Waals surface area contributed by atoms with Crippen molar-refractivity contribution in [2.24, 2.45) is 0 Å². The van der Waals surface area contributed by atoms with Crippen LogP contribution in [0, 0.1) is 6.57 Å². The Bertz CT molecular complexity index is 298. The first-order valence-corrected chi connectivity index (χ1v) is 6.81. The molecule has 0 spiro atoms. The van der Waals surface area contributed by atoms with Crippen LogP contribution in [0.3, 0.4) is 0 Å². The third-order valence-electron chi connectivity index (χ3n) is 4.54. The molecular formula is C14H25N3. The van der Waals surface area contributed by atoms with E-state index in [1.54, 1.807) is 0 Å². The number of rotatable bonds is 2. The van der Waals surface area contributed by atoms with Crippen LogP contribution in [0.25, 0.3) is 4.85 Å². The average Bonchev–Trinajstić information content (AvgIpc) is 2.14. The lowest BCUT2D eigenvalue weighted by atomic mass is 9.82. The molecule has 2 fully saturated rings. The third-order valence-corrected chi connectivity index (χ3v) is 4.54. The summed E-state index contributed by atoms with van der Waals surface area (Å²) in [5.74, 6) is 0. The summed E-state index contributed by atoms with van der Waals surface area (Å²) in [5.41, 5.74) is 0.487. The highest BCUT2D eigenvalue weighted by Gasteiger charge is 2.45. The summed E-state index contributed by atoms with van der Waals surface area (Å²) in [7, 11) is 0. The van der Waals surface area contributed by atoms with Gasteiger partial charge in [-0.15, -0.1) is 0 Å². The number of nitrogens with zero attached hydrogens (tertiary/aromatic N) is 3. The zero-order chi connectivity index (χ0) is 12.5. The van der Waals surface area contributed by atoms with Crippen LogP contribution < -0.4 is 0 Å². The minimum absolute atomic E-state index is 0.210. The van der Waals surface area contributed by atoms with Crippen molar-refractivity contribution >= 4 is 0 Å². The van der Waals surface area contributed by atoms with Gasteiger partial charge < -0.3 is 4.85 Å². The minimum Gasteiger partial charge on any atom is -0.315 e. The Morgan fingerprint density at radius 3 is 2.06 bits per heavy atom. The molecule has 0 aliphatic carbocycles. The average molecular weight is 235 g/mol. The Morgan fingerprint density at radius 2 is 1.71 bits per heavy atom. The quantitative estimate of drug-likeness (QED) is 0.680. The first kappa shape index (κ1) is 12.9. The maximum Gasteiger partial charge on any atom is 0.232 e. The Labute approximate surface area is 106 Å². The molecule has 0 bridgehead atoms. The van der Waals surface area contributed by atoms with E-state index in [-0.39, 0.29) is 11.1 Å². The first-order valence-electron chi connectivity index (χ1n) is 6.81. The molecule has 0 atom stereocenters. The van der Waals surface area contributed by atoms with E-state index < -0.39 is 0 Å². The zero-order valence-corrected chi connectivity index (χ0v) is 11.5. The van der Waals surface area contributed by atoms with E-state index in [1.807, 2.05) is 0 Å². The second kappa shape index (κ2) is 4.59. The van der Waals surface area contributed by atoms with E-state index in [4.69, 9.17) is 6.57 Å². The molecule has 0 unspecified atom stereocenters. The van der Waals surface area contributed by atoms with E-state index in [9.17, 15) is 0 Å². The molecule has 0 aromatic carbocycles. The normalized spacial score (nSPS) is 26.2. The highest BCUT2D eigenvalue weighted by Crippen LogP contribution is 2.35. The molecule has 0 N–H and O–H groups in total. The van der Waals surface area contributed by atoms with Gasteiger partial charge in [-0.3, -0.25) is 9.80 Å². The molecule has 0 saturated carbocycles. The number of likely N-dealkylation sites (tertiary alicyclic amines) is 2. The van der Waals surface area contributed by atoms with Crippen molar-refractivity contribution < 1.29 is 0 Å². The van der Waals surface area contributed by atoms with Crippen LogP contribution in [0.4, 0.5) is 0 Å². The van der Waals surface area contributed by atoms with Crippen LogP contribution in [0.15, 0.2) is 0 Å². The molecule has 2 heterocycles. The van der Waals surface area contributed by atoms with Crippen molar-refractivity contribution in [1.29, 1.82) is 0 Å². The molecule has 2 aliphatic rings. The van der Waals surface area contributed by atoms with E-state index in [0.29, 0.717) is 6.54 Å². The van der Waals surface area contributed by atoms with Crippen molar-refractivity contribution in [3.05, 3.63) is 11.4 Å². The Kier molecular flexibility index (Phi) is 3.47. The minimum atomic E-state index is 0.210. The summed E-state index contributed by atoms with van der Waals surface area (Å²) < 4.78 is 0. The standard InChI is InChI=1S/C14H25N3/c1-13(2,3)16-10-6-14(7-11-16,12-15-4)17-8-5-9-17/h5-12H2,1-3H3. The van der Waals surface area contributed by atoms with Gasteiger partial charge in [0, 0.05) is 31.7 Å². The molecule has 0 aromatic heterocycles. The summed E-state index contributed by atoms with van der Waals surface area (Å²) in [6.45, 7) is 19.5. The van der Waals surface area contributed by atoms with Crippen LogP contribution in [0.2, 0.25) is 0 Å². The van der Waals surface area contributed by atoms with Gasteiger partial charge in [-0.1, -0.05) is 0 Å². The topological polar surface area (TPSA) is 10.8 Å². The van der Waals surface area contributed by atoms with Gasteiger partial charge in [0.25, 0.3) is 0 Å². The molecule has 2 rings (SSSR count). The fraction of sp³-hybridized carbons (Fsp3) is 0.929. The Morgan fingerprint density at radius 1 is 1.12 bits per heavy atom. The lowest BCUT2D eigenvalue weighted by Gasteiger charge is -2.52. The molecular weight excluding hydrogens is 210 g/mol. The second-order valence-electron chi connectivity index (χ2n) is 6.54. The fourth-order valence-electron chi connectivity index (χ4n) is 3.11. The third kappa shape index (κ3) is 2.48. The SMILES string of the molecule is [C-]#[N+]CC1(N2CCC2)CCN(C(C)(C)C)CC1. The van der Waals surface area contributed by atoms with Crippen molar-refractivity contribution in [2.45, 2.75) is 51.1 Å². The van der Waals surface area contributed by atoms with Crippen molar-refractivity contribution in [2.75, 3.05) is 32.7 Å². The Hall–Kier alpha value is -0.590. The lowest BCUT2D eigenvalue weighted by Crippen LogP contribution is -2.63. The summed E-state index contributed by atoms with van der Waals surface area (Å²) in [6, 6.07) is 0. The molecule has 17 heavy (non-hydrogen) atoms. The monoisotopic (exact) mass is 235 g/mol. The fourth-order valence-corrected chi connectivity index (χ4v) is 3.11. The second-order valence-corrected chi connectivity index (χ2v) is 6.54. The highest BCUT2D eigenvalue weighted by atomic mass is 15.3. The van der Waals surface area contributed by atoms with Gasteiger partial charge in [-0.2, -0.15) is 0 Å². The predicted molar refractivity (Wildman–Crippen MR) is 71.0 cm³/mol. The van der Waals surface area contributed by atoms with Crippen LogP contribution in [-0.4, -0.2) is 53.6 Å². The van der Waals surface area contributed by atoms with E-state index in [2.05, 4.69) is 35.4 Å². The van der Waals surface area contributed by atoms with Crippen molar-refractivity contribution in [3.8, 4) is 0 Å². The smallest absolute Gasteiger partial charge is 0.232 e. The molecule has 3 heteroatoms. The van der Waals surface area contributed by atoms with Crippen molar-refractivity contribution in [3.63, 3.8) is 0 Å². The van der Waals surface area contributed by atoms with E-state index >= 15 is 0 Å².